The van der Waals surface area contributed by atoms with Crippen molar-refractivity contribution >= 4 is 49.6 Å². The molecular weight excluding hydrogens is 384 g/mol. The highest BCUT2D eigenvalue weighted by atomic mass is 16.5. The molecule has 0 aliphatic rings. The molecule has 5 aromatic carbocycles. The van der Waals surface area contributed by atoms with Crippen LogP contribution in [0.2, 0.25) is 0 Å². The Kier molecular flexibility index (Phi) is 3.90. The van der Waals surface area contributed by atoms with E-state index in [2.05, 4.69) is 12.1 Å². The van der Waals surface area contributed by atoms with Crippen molar-refractivity contribution in [2.24, 2.45) is 0 Å². The normalized spacial score (nSPS) is 11.4. The fraction of sp³-hybridized carbons (Fsp3) is 0. The maximum atomic E-state index is 12.7. The predicted molar refractivity (Wildman–Crippen MR) is 123 cm³/mol. The molecule has 31 heavy (non-hydrogen) atoms. The van der Waals surface area contributed by atoms with Crippen LogP contribution < -0.4 is 4.74 Å². The fourth-order valence-electron chi connectivity index (χ4n) is 3.93. The van der Waals surface area contributed by atoms with Gasteiger partial charge >= 0.3 is 5.97 Å². The predicted octanol–water partition coefficient (Wildman–Crippen LogP) is 6.31. The van der Waals surface area contributed by atoms with Gasteiger partial charge in [0.25, 0.3) is 0 Å². The lowest BCUT2D eigenvalue weighted by molar-refractivity contribution is 0.0735. The Bertz CT molecular complexity index is 1640. The van der Waals surface area contributed by atoms with Crippen LogP contribution in [0.25, 0.3) is 43.6 Å². The minimum Gasteiger partial charge on any atom is -0.423 e. The molecule has 6 aromatic rings. The molecule has 0 spiro atoms. The maximum absolute atomic E-state index is 12.7. The number of aromatic nitrogens is 2. The summed E-state index contributed by atoms with van der Waals surface area (Å²) in [5.41, 5.74) is 3.63. The third-order valence-electron chi connectivity index (χ3n) is 5.50. The molecule has 0 radical (unpaired) electrons. The first-order valence-electron chi connectivity index (χ1n) is 10.0. The van der Waals surface area contributed by atoms with Crippen LogP contribution in [0.15, 0.2) is 97.1 Å². The van der Waals surface area contributed by atoms with E-state index in [0.717, 1.165) is 38.1 Å². The molecule has 0 unspecified atom stereocenters. The smallest absolute Gasteiger partial charge is 0.343 e. The van der Waals surface area contributed by atoms with E-state index in [1.54, 1.807) is 18.2 Å². The van der Waals surface area contributed by atoms with Crippen molar-refractivity contribution in [3.05, 3.63) is 103 Å². The molecule has 4 heteroatoms. The lowest BCUT2D eigenvalue weighted by Gasteiger charge is -2.08. The molecule has 6 rings (SSSR count). The second-order valence-corrected chi connectivity index (χ2v) is 7.48. The largest absolute Gasteiger partial charge is 0.423 e. The lowest BCUT2D eigenvalue weighted by atomic mass is 10.1. The monoisotopic (exact) mass is 400 g/mol. The SMILES string of the molecule is O=C(Oc1ccc2nc3ccc4ccccc4c3nc2c1)c1ccc2ccccc2c1. The van der Waals surface area contributed by atoms with Gasteiger partial charge in [-0.05, 0) is 46.5 Å². The van der Waals surface area contributed by atoms with Crippen LogP contribution in [-0.2, 0) is 0 Å². The van der Waals surface area contributed by atoms with Gasteiger partial charge in [-0.25, -0.2) is 14.8 Å². The van der Waals surface area contributed by atoms with E-state index in [-0.39, 0.29) is 0 Å². The standard InChI is InChI=1S/C27H16N2O2/c30-27(20-10-9-17-5-1-2-7-19(17)15-20)31-21-12-14-23-25(16-21)29-26-22-8-4-3-6-18(22)11-13-24(26)28-23/h1-16H. The molecule has 0 N–H and O–H groups in total. The van der Waals surface area contributed by atoms with Gasteiger partial charge in [-0.2, -0.15) is 0 Å². The molecule has 0 saturated carbocycles. The van der Waals surface area contributed by atoms with Crippen LogP contribution in [0.5, 0.6) is 5.75 Å². The zero-order valence-electron chi connectivity index (χ0n) is 16.4. The number of ether oxygens (including phenoxy) is 1. The molecule has 0 amide bonds. The highest BCUT2D eigenvalue weighted by molar-refractivity contribution is 6.06. The molecule has 0 bridgehead atoms. The summed E-state index contributed by atoms with van der Waals surface area (Å²) in [6, 6.07) is 31.0. The highest BCUT2D eigenvalue weighted by Crippen LogP contribution is 2.27. The van der Waals surface area contributed by atoms with Gasteiger partial charge in [0.2, 0.25) is 0 Å². The summed E-state index contributed by atoms with van der Waals surface area (Å²) in [4.78, 5) is 22.3. The van der Waals surface area contributed by atoms with Crippen LogP contribution >= 0.6 is 0 Å². The number of rotatable bonds is 2. The lowest BCUT2D eigenvalue weighted by Crippen LogP contribution is -2.08. The van der Waals surface area contributed by atoms with Gasteiger partial charge in [0.05, 0.1) is 27.6 Å². The van der Waals surface area contributed by atoms with Gasteiger partial charge in [0.1, 0.15) is 5.75 Å². The Labute approximate surface area is 177 Å². The van der Waals surface area contributed by atoms with E-state index in [4.69, 9.17) is 14.7 Å². The van der Waals surface area contributed by atoms with Gasteiger partial charge in [-0.3, -0.25) is 0 Å². The first-order chi connectivity index (χ1) is 15.2. The number of carbonyl (C=O) groups excluding carboxylic acids is 1. The highest BCUT2D eigenvalue weighted by Gasteiger charge is 2.11. The number of fused-ring (bicyclic) bond motifs is 5. The van der Waals surface area contributed by atoms with E-state index in [1.807, 2.05) is 66.7 Å². The first-order valence-corrected chi connectivity index (χ1v) is 10.0. The Balaban J connectivity index is 1.40. The second kappa shape index (κ2) is 6.89. The molecule has 0 fully saturated rings. The zero-order valence-corrected chi connectivity index (χ0v) is 16.4. The minimum atomic E-state index is -0.399. The van der Waals surface area contributed by atoms with Gasteiger partial charge in [-0.15, -0.1) is 0 Å². The van der Waals surface area contributed by atoms with Crippen LogP contribution in [0.4, 0.5) is 0 Å². The Morgan fingerprint density at radius 3 is 2.26 bits per heavy atom. The molecule has 4 nitrogen and oxygen atoms in total. The zero-order chi connectivity index (χ0) is 20.8. The molecule has 0 aliphatic heterocycles. The van der Waals surface area contributed by atoms with Crippen LogP contribution in [0, 0.1) is 0 Å². The third-order valence-corrected chi connectivity index (χ3v) is 5.50. The number of nitrogens with zero attached hydrogens (tertiary/aromatic N) is 2. The van der Waals surface area contributed by atoms with Gasteiger partial charge in [0, 0.05) is 11.5 Å². The number of hydrogen-bond acceptors (Lipinski definition) is 4. The van der Waals surface area contributed by atoms with E-state index >= 15 is 0 Å². The van der Waals surface area contributed by atoms with Crippen molar-refractivity contribution in [3.8, 4) is 5.75 Å². The van der Waals surface area contributed by atoms with Crippen LogP contribution in [0.1, 0.15) is 10.4 Å². The molecule has 0 saturated heterocycles. The quantitative estimate of drug-likeness (QED) is 0.148. The topological polar surface area (TPSA) is 52.1 Å². The summed E-state index contributed by atoms with van der Waals surface area (Å²) in [7, 11) is 0. The average Bonchev–Trinajstić information content (AvgIpc) is 2.82. The van der Waals surface area contributed by atoms with E-state index in [0.29, 0.717) is 16.8 Å². The summed E-state index contributed by atoms with van der Waals surface area (Å²) < 4.78 is 5.65. The van der Waals surface area contributed by atoms with Crippen molar-refractivity contribution in [1.82, 2.24) is 9.97 Å². The van der Waals surface area contributed by atoms with Gasteiger partial charge in [-0.1, -0.05) is 60.7 Å². The molecule has 0 atom stereocenters. The second-order valence-electron chi connectivity index (χ2n) is 7.48. The Morgan fingerprint density at radius 1 is 0.613 bits per heavy atom. The molecule has 0 aliphatic carbocycles. The van der Waals surface area contributed by atoms with Gasteiger partial charge < -0.3 is 4.74 Å². The number of esters is 1. The summed E-state index contributed by atoms with van der Waals surface area (Å²) in [6.07, 6.45) is 0. The van der Waals surface area contributed by atoms with Crippen LogP contribution in [0.3, 0.4) is 0 Å². The molecule has 146 valence electrons. The molecular formula is C27H16N2O2. The summed E-state index contributed by atoms with van der Waals surface area (Å²) >= 11 is 0. The first kappa shape index (κ1) is 17.5. The molecule has 1 heterocycles. The van der Waals surface area contributed by atoms with Crippen molar-refractivity contribution in [3.63, 3.8) is 0 Å². The minimum absolute atomic E-state index is 0.399. The Morgan fingerprint density at radius 2 is 1.35 bits per heavy atom. The van der Waals surface area contributed by atoms with Crippen molar-refractivity contribution in [2.75, 3.05) is 0 Å². The number of carbonyl (C=O) groups is 1. The summed E-state index contributed by atoms with van der Waals surface area (Å²) in [5, 5.41) is 4.24. The number of benzene rings is 5. The van der Waals surface area contributed by atoms with E-state index in [1.165, 1.54) is 0 Å². The van der Waals surface area contributed by atoms with E-state index in [9.17, 15) is 4.79 Å². The van der Waals surface area contributed by atoms with Crippen LogP contribution in [-0.4, -0.2) is 15.9 Å². The summed E-state index contributed by atoms with van der Waals surface area (Å²) in [6.45, 7) is 0. The maximum Gasteiger partial charge on any atom is 0.343 e. The average molecular weight is 400 g/mol. The fourth-order valence-corrected chi connectivity index (χ4v) is 3.93. The third kappa shape index (κ3) is 3.06. The summed E-state index contributed by atoms with van der Waals surface area (Å²) in [5.74, 6) is 0.0452. The Hall–Kier alpha value is -4.31. The number of hydrogen-bond donors (Lipinski definition) is 0. The van der Waals surface area contributed by atoms with Gasteiger partial charge in [0.15, 0.2) is 0 Å². The van der Waals surface area contributed by atoms with Crippen molar-refractivity contribution < 1.29 is 9.53 Å². The molecule has 1 aromatic heterocycles. The van der Waals surface area contributed by atoms with E-state index < -0.39 is 5.97 Å². The van der Waals surface area contributed by atoms with Crippen molar-refractivity contribution in [2.45, 2.75) is 0 Å². The van der Waals surface area contributed by atoms with Crippen molar-refractivity contribution in [1.29, 1.82) is 0 Å².